The van der Waals surface area contributed by atoms with Crippen molar-refractivity contribution in [3.63, 3.8) is 0 Å². The van der Waals surface area contributed by atoms with Crippen molar-refractivity contribution in [2.75, 3.05) is 12.1 Å². The Balaban J connectivity index is 2.27. The molecule has 2 aromatic carbocycles. The van der Waals surface area contributed by atoms with Crippen LogP contribution < -0.4 is 24.5 Å². The summed E-state index contributed by atoms with van der Waals surface area (Å²) in [5, 5.41) is 0.688. The third kappa shape index (κ3) is 4.37. The average Bonchev–Trinajstić information content (AvgIpc) is 2.53. The molecule has 0 bridgehead atoms. The summed E-state index contributed by atoms with van der Waals surface area (Å²) in [7, 11) is -2.82. The first-order valence-electron chi connectivity index (χ1n) is 6.83. The van der Waals surface area contributed by atoms with Crippen molar-refractivity contribution < 1.29 is 22.1 Å². The highest BCUT2D eigenvalue weighted by molar-refractivity contribution is 7.85. The summed E-state index contributed by atoms with van der Waals surface area (Å²) in [6, 6.07) is 11.6. The molecule has 0 fully saturated rings. The molecule has 2 amide bonds. The molecule has 8 nitrogen and oxygen atoms in total. The molecule has 9 heteroatoms. The second kappa shape index (κ2) is 7.20. The fourth-order valence-electron chi connectivity index (χ4n) is 1.95. The molecule has 0 unspecified atom stereocenters. The first kappa shape index (κ1) is 17.6. The lowest BCUT2D eigenvalue weighted by Gasteiger charge is -2.22. The number of aryl methyl sites for hydroxylation is 1. The molecule has 0 spiro atoms. The summed E-state index contributed by atoms with van der Waals surface area (Å²) in [4.78, 5) is 13.7. The Morgan fingerprint density at radius 2 is 1.79 bits per heavy atom. The number of benzene rings is 2. The van der Waals surface area contributed by atoms with Gasteiger partial charge in [0.2, 0.25) is 0 Å². The number of primary amides is 1. The van der Waals surface area contributed by atoms with Crippen LogP contribution in [0.5, 0.6) is 11.5 Å². The number of nitrogens with zero attached hydrogens (tertiary/aromatic N) is 1. The number of anilines is 1. The number of carbonyl (C=O) groups is 1. The molecular formula is C15H17N3O5S. The zero-order valence-corrected chi connectivity index (χ0v) is 13.9. The molecule has 0 saturated carbocycles. The zero-order valence-electron chi connectivity index (χ0n) is 13.1. The number of hydrogen-bond acceptors (Lipinski definition) is 5. The minimum Gasteiger partial charge on any atom is -0.497 e. The van der Waals surface area contributed by atoms with E-state index in [9.17, 15) is 13.2 Å². The van der Waals surface area contributed by atoms with Crippen LogP contribution in [0.4, 0.5) is 10.5 Å². The summed E-state index contributed by atoms with van der Waals surface area (Å²) in [6.07, 6.45) is 0. The molecule has 3 N–H and O–H groups in total. The zero-order chi connectivity index (χ0) is 17.7. The van der Waals surface area contributed by atoms with Crippen LogP contribution in [0.3, 0.4) is 0 Å². The fourth-order valence-corrected chi connectivity index (χ4v) is 2.77. The van der Waals surface area contributed by atoms with E-state index in [4.69, 9.17) is 14.7 Å². The fraction of sp³-hybridized carbons (Fsp3) is 0.133. The van der Waals surface area contributed by atoms with Gasteiger partial charge in [0.15, 0.2) is 0 Å². The molecule has 0 radical (unpaired) electrons. The van der Waals surface area contributed by atoms with Crippen LogP contribution in [0.15, 0.2) is 48.5 Å². The third-order valence-electron chi connectivity index (χ3n) is 3.02. The SMILES string of the molecule is COc1ccc(N(NS(=O)(=O)Oc2ccccc2)C(N)=O)c(C)c1. The molecule has 2 rings (SSSR count). The van der Waals surface area contributed by atoms with E-state index >= 15 is 0 Å². The standard InChI is InChI=1S/C15H17N3O5S/c1-11-10-13(22-2)8-9-14(11)18(15(16)19)17-24(20,21)23-12-6-4-3-5-7-12/h3-10,17H,1-2H3,(H2,16,19). The number of carbonyl (C=O) groups excluding carboxylic acids is 1. The van der Waals surface area contributed by atoms with Gasteiger partial charge >= 0.3 is 16.3 Å². The number of hydrazine groups is 1. The minimum atomic E-state index is -4.32. The minimum absolute atomic E-state index is 0.0980. The third-order valence-corrected chi connectivity index (χ3v) is 3.84. The molecule has 24 heavy (non-hydrogen) atoms. The largest absolute Gasteiger partial charge is 0.497 e. The van der Waals surface area contributed by atoms with Crippen LogP contribution in [0, 0.1) is 6.92 Å². The van der Waals surface area contributed by atoms with Crippen molar-refractivity contribution >= 4 is 22.0 Å². The number of nitrogens with two attached hydrogens (primary N) is 1. The maximum absolute atomic E-state index is 12.1. The second-order valence-electron chi connectivity index (χ2n) is 4.77. The van der Waals surface area contributed by atoms with Gasteiger partial charge in [0.1, 0.15) is 11.5 Å². The van der Waals surface area contributed by atoms with Crippen molar-refractivity contribution in [1.82, 2.24) is 4.83 Å². The highest BCUT2D eigenvalue weighted by atomic mass is 32.2. The van der Waals surface area contributed by atoms with Gasteiger partial charge in [-0.1, -0.05) is 23.0 Å². The maximum atomic E-state index is 12.1. The van der Waals surface area contributed by atoms with E-state index in [1.54, 1.807) is 37.3 Å². The summed E-state index contributed by atoms with van der Waals surface area (Å²) in [6.45, 7) is 1.68. The summed E-state index contributed by atoms with van der Waals surface area (Å²) in [5.41, 5.74) is 6.11. The Bertz CT molecular complexity index is 824. The smallest absolute Gasteiger partial charge is 0.400 e. The van der Waals surface area contributed by atoms with Gasteiger partial charge in [-0.25, -0.2) is 9.80 Å². The predicted octanol–water partition coefficient (Wildman–Crippen LogP) is 1.72. The Labute approximate surface area is 140 Å². The molecule has 0 saturated heterocycles. The lowest BCUT2D eigenvalue weighted by molar-refractivity contribution is 0.252. The number of urea groups is 1. The van der Waals surface area contributed by atoms with E-state index < -0.39 is 16.3 Å². The Kier molecular flexibility index (Phi) is 5.27. The number of amides is 2. The van der Waals surface area contributed by atoms with Crippen LogP contribution in [0.1, 0.15) is 5.56 Å². The van der Waals surface area contributed by atoms with Gasteiger partial charge in [0, 0.05) is 0 Å². The molecule has 0 aromatic heterocycles. The summed E-state index contributed by atoms with van der Waals surface area (Å²) < 4.78 is 34.2. The number of hydrogen-bond donors (Lipinski definition) is 2. The van der Waals surface area contributed by atoms with Crippen LogP contribution in [0.2, 0.25) is 0 Å². The van der Waals surface area contributed by atoms with E-state index in [1.165, 1.54) is 25.3 Å². The van der Waals surface area contributed by atoms with Crippen molar-refractivity contribution in [3.05, 3.63) is 54.1 Å². The van der Waals surface area contributed by atoms with Crippen LogP contribution in [-0.2, 0) is 10.3 Å². The monoisotopic (exact) mass is 351 g/mol. The van der Waals surface area contributed by atoms with Gasteiger partial charge in [-0.05, 0) is 42.8 Å². The number of methoxy groups -OCH3 is 1. The van der Waals surface area contributed by atoms with Gasteiger partial charge < -0.3 is 14.7 Å². The maximum Gasteiger partial charge on any atom is 0.400 e. The molecule has 0 aliphatic heterocycles. The lowest BCUT2D eigenvalue weighted by Crippen LogP contribution is -2.50. The van der Waals surface area contributed by atoms with E-state index in [1.807, 2.05) is 4.83 Å². The molecule has 2 aromatic rings. The molecule has 0 aliphatic carbocycles. The molecular weight excluding hydrogens is 334 g/mol. The Morgan fingerprint density at radius 3 is 2.33 bits per heavy atom. The Hall–Kier alpha value is -2.78. The topological polar surface area (TPSA) is 111 Å². The molecule has 0 aliphatic rings. The quantitative estimate of drug-likeness (QED) is 0.770. The number of rotatable bonds is 6. The van der Waals surface area contributed by atoms with Crippen molar-refractivity contribution in [1.29, 1.82) is 0 Å². The van der Waals surface area contributed by atoms with Gasteiger partial charge in [0.05, 0.1) is 12.8 Å². The number of para-hydroxylation sites is 1. The van der Waals surface area contributed by atoms with Crippen LogP contribution in [0.25, 0.3) is 0 Å². The predicted molar refractivity (Wildman–Crippen MR) is 88.9 cm³/mol. The lowest BCUT2D eigenvalue weighted by atomic mass is 10.2. The first-order valence-corrected chi connectivity index (χ1v) is 8.24. The highest BCUT2D eigenvalue weighted by Gasteiger charge is 2.23. The molecule has 128 valence electrons. The van der Waals surface area contributed by atoms with Gasteiger partial charge in [0.25, 0.3) is 0 Å². The van der Waals surface area contributed by atoms with E-state index in [2.05, 4.69) is 0 Å². The van der Waals surface area contributed by atoms with Gasteiger partial charge in [-0.2, -0.15) is 8.42 Å². The summed E-state index contributed by atoms with van der Waals surface area (Å²) >= 11 is 0. The first-order chi connectivity index (χ1) is 11.3. The van der Waals surface area contributed by atoms with E-state index in [0.717, 1.165) is 0 Å². The van der Waals surface area contributed by atoms with Crippen LogP contribution >= 0.6 is 0 Å². The summed E-state index contributed by atoms with van der Waals surface area (Å²) in [5.74, 6) is 0.657. The molecule has 0 heterocycles. The van der Waals surface area contributed by atoms with E-state index in [0.29, 0.717) is 16.3 Å². The van der Waals surface area contributed by atoms with Crippen molar-refractivity contribution in [2.45, 2.75) is 6.92 Å². The average molecular weight is 351 g/mol. The normalized spacial score (nSPS) is 10.9. The van der Waals surface area contributed by atoms with Crippen LogP contribution in [-0.4, -0.2) is 21.6 Å². The van der Waals surface area contributed by atoms with Gasteiger partial charge in [-0.3, -0.25) is 0 Å². The Morgan fingerprint density at radius 1 is 1.12 bits per heavy atom. The highest BCUT2D eigenvalue weighted by Crippen LogP contribution is 2.24. The van der Waals surface area contributed by atoms with E-state index in [-0.39, 0.29) is 11.4 Å². The number of nitrogens with one attached hydrogen (secondary N) is 1. The number of ether oxygens (including phenoxy) is 1. The van der Waals surface area contributed by atoms with Gasteiger partial charge in [-0.15, -0.1) is 0 Å². The second-order valence-corrected chi connectivity index (χ2v) is 6.03. The molecule has 0 atom stereocenters. The van der Waals surface area contributed by atoms with Crippen molar-refractivity contribution in [2.24, 2.45) is 5.73 Å². The van der Waals surface area contributed by atoms with Crippen molar-refractivity contribution in [3.8, 4) is 11.5 Å².